The van der Waals surface area contributed by atoms with Crippen LogP contribution in [0.15, 0.2) is 48.5 Å². The van der Waals surface area contributed by atoms with Crippen molar-refractivity contribution in [2.75, 3.05) is 19.0 Å². The number of aryl methyl sites for hydroxylation is 1. The zero-order valence-corrected chi connectivity index (χ0v) is 11.2. The second kappa shape index (κ2) is 5.23. The summed E-state index contributed by atoms with van der Waals surface area (Å²) in [5.74, 6) is 0. The van der Waals surface area contributed by atoms with Gasteiger partial charge in [-0.2, -0.15) is 0 Å². The van der Waals surface area contributed by atoms with Crippen molar-refractivity contribution in [2.45, 2.75) is 13.0 Å². The van der Waals surface area contributed by atoms with E-state index in [4.69, 9.17) is 5.73 Å². The van der Waals surface area contributed by atoms with Crippen molar-refractivity contribution in [1.29, 1.82) is 0 Å². The van der Waals surface area contributed by atoms with Gasteiger partial charge in [0, 0.05) is 19.8 Å². The van der Waals surface area contributed by atoms with E-state index in [1.807, 2.05) is 26.2 Å². The van der Waals surface area contributed by atoms with Crippen molar-refractivity contribution in [2.24, 2.45) is 5.73 Å². The third-order valence-corrected chi connectivity index (χ3v) is 3.27. The Balaban J connectivity index is 2.37. The van der Waals surface area contributed by atoms with Crippen molar-refractivity contribution in [3.8, 4) is 0 Å². The highest BCUT2D eigenvalue weighted by atomic mass is 15.1. The van der Waals surface area contributed by atoms with E-state index in [1.54, 1.807) is 0 Å². The Morgan fingerprint density at radius 1 is 1.00 bits per heavy atom. The lowest BCUT2D eigenvalue weighted by atomic mass is 9.95. The summed E-state index contributed by atoms with van der Waals surface area (Å²) in [7, 11) is 4.08. The van der Waals surface area contributed by atoms with Crippen LogP contribution in [-0.4, -0.2) is 14.1 Å². The Labute approximate surface area is 109 Å². The highest BCUT2D eigenvalue weighted by Gasteiger charge is 2.11. The summed E-state index contributed by atoms with van der Waals surface area (Å²) in [6.45, 7) is 2.10. The molecule has 1 atom stereocenters. The molecular formula is C16H20N2. The summed E-state index contributed by atoms with van der Waals surface area (Å²) < 4.78 is 0. The predicted molar refractivity (Wildman–Crippen MR) is 78.0 cm³/mol. The van der Waals surface area contributed by atoms with E-state index in [2.05, 4.69) is 48.2 Å². The van der Waals surface area contributed by atoms with E-state index in [9.17, 15) is 0 Å². The molecule has 0 aromatic heterocycles. The van der Waals surface area contributed by atoms with Gasteiger partial charge in [-0.05, 0) is 35.7 Å². The average molecular weight is 240 g/mol. The van der Waals surface area contributed by atoms with E-state index in [-0.39, 0.29) is 6.04 Å². The highest BCUT2D eigenvalue weighted by Crippen LogP contribution is 2.25. The van der Waals surface area contributed by atoms with Gasteiger partial charge in [-0.25, -0.2) is 0 Å². The lowest BCUT2D eigenvalue weighted by Gasteiger charge is -2.18. The Hall–Kier alpha value is -1.80. The largest absolute Gasteiger partial charge is 0.378 e. The van der Waals surface area contributed by atoms with Gasteiger partial charge in [-0.15, -0.1) is 0 Å². The lowest BCUT2D eigenvalue weighted by Crippen LogP contribution is -2.15. The molecule has 94 valence electrons. The summed E-state index contributed by atoms with van der Waals surface area (Å²) >= 11 is 0. The number of nitrogens with zero attached hydrogens (tertiary/aromatic N) is 1. The first-order valence-corrected chi connectivity index (χ1v) is 6.18. The fraction of sp³-hybridized carbons (Fsp3) is 0.250. The number of benzene rings is 2. The molecule has 1 unspecified atom stereocenters. The zero-order valence-electron chi connectivity index (χ0n) is 11.2. The van der Waals surface area contributed by atoms with Crippen LogP contribution in [0.4, 0.5) is 5.69 Å². The van der Waals surface area contributed by atoms with Gasteiger partial charge < -0.3 is 10.6 Å². The SMILES string of the molecule is Cc1ccccc1C(N)c1cccc(N(C)C)c1. The molecule has 2 rings (SSSR count). The molecular weight excluding hydrogens is 220 g/mol. The van der Waals surface area contributed by atoms with Crippen molar-refractivity contribution in [3.05, 3.63) is 65.2 Å². The minimum atomic E-state index is -0.0638. The Morgan fingerprint density at radius 2 is 1.72 bits per heavy atom. The molecule has 18 heavy (non-hydrogen) atoms. The molecule has 0 aliphatic rings. The van der Waals surface area contributed by atoms with Crippen molar-refractivity contribution in [1.82, 2.24) is 0 Å². The first-order chi connectivity index (χ1) is 8.59. The van der Waals surface area contributed by atoms with Gasteiger partial charge in [0.25, 0.3) is 0 Å². The summed E-state index contributed by atoms with van der Waals surface area (Å²) in [4.78, 5) is 2.09. The van der Waals surface area contributed by atoms with E-state index >= 15 is 0 Å². The van der Waals surface area contributed by atoms with Crippen LogP contribution in [0.3, 0.4) is 0 Å². The van der Waals surface area contributed by atoms with E-state index < -0.39 is 0 Å². The Kier molecular flexibility index (Phi) is 3.68. The van der Waals surface area contributed by atoms with Gasteiger partial charge in [0.2, 0.25) is 0 Å². The smallest absolute Gasteiger partial charge is 0.0555 e. The van der Waals surface area contributed by atoms with Gasteiger partial charge in [0.15, 0.2) is 0 Å². The number of hydrogen-bond donors (Lipinski definition) is 1. The van der Waals surface area contributed by atoms with Crippen LogP contribution < -0.4 is 10.6 Å². The van der Waals surface area contributed by atoms with Gasteiger partial charge in [-0.3, -0.25) is 0 Å². The van der Waals surface area contributed by atoms with Crippen LogP contribution >= 0.6 is 0 Å². The van der Waals surface area contributed by atoms with E-state index in [0.717, 1.165) is 5.56 Å². The maximum atomic E-state index is 6.37. The number of hydrogen-bond acceptors (Lipinski definition) is 2. The molecule has 0 bridgehead atoms. The lowest BCUT2D eigenvalue weighted by molar-refractivity contribution is 0.860. The first-order valence-electron chi connectivity index (χ1n) is 6.18. The molecule has 0 aliphatic carbocycles. The normalized spacial score (nSPS) is 12.2. The maximum Gasteiger partial charge on any atom is 0.0555 e. The predicted octanol–water partition coefficient (Wildman–Crippen LogP) is 3.11. The topological polar surface area (TPSA) is 29.3 Å². The third kappa shape index (κ3) is 2.54. The number of nitrogens with two attached hydrogens (primary N) is 1. The average Bonchev–Trinajstić information content (AvgIpc) is 2.38. The van der Waals surface area contributed by atoms with E-state index in [0.29, 0.717) is 0 Å². The molecule has 0 spiro atoms. The summed E-state index contributed by atoms with van der Waals surface area (Å²) in [5.41, 5.74) is 11.1. The quantitative estimate of drug-likeness (QED) is 0.893. The summed E-state index contributed by atoms with van der Waals surface area (Å²) in [6.07, 6.45) is 0. The van der Waals surface area contributed by atoms with Gasteiger partial charge in [0.05, 0.1) is 6.04 Å². The number of rotatable bonds is 3. The molecule has 2 aromatic rings. The third-order valence-electron chi connectivity index (χ3n) is 3.27. The molecule has 0 amide bonds. The first kappa shape index (κ1) is 12.7. The monoisotopic (exact) mass is 240 g/mol. The van der Waals surface area contributed by atoms with Crippen molar-refractivity contribution in [3.63, 3.8) is 0 Å². The van der Waals surface area contributed by atoms with Crippen LogP contribution in [0, 0.1) is 6.92 Å². The van der Waals surface area contributed by atoms with E-state index in [1.165, 1.54) is 16.8 Å². The molecule has 0 radical (unpaired) electrons. The Morgan fingerprint density at radius 3 is 2.39 bits per heavy atom. The molecule has 2 nitrogen and oxygen atoms in total. The second-order valence-corrected chi connectivity index (χ2v) is 4.82. The molecule has 0 fully saturated rings. The molecule has 0 saturated carbocycles. The van der Waals surface area contributed by atoms with Gasteiger partial charge in [-0.1, -0.05) is 36.4 Å². The fourth-order valence-corrected chi connectivity index (χ4v) is 2.11. The van der Waals surface area contributed by atoms with Gasteiger partial charge >= 0.3 is 0 Å². The van der Waals surface area contributed by atoms with Crippen LogP contribution in [-0.2, 0) is 0 Å². The summed E-state index contributed by atoms with van der Waals surface area (Å²) in [6, 6.07) is 16.6. The van der Waals surface area contributed by atoms with Crippen LogP contribution in [0.2, 0.25) is 0 Å². The van der Waals surface area contributed by atoms with Crippen molar-refractivity contribution >= 4 is 5.69 Å². The minimum Gasteiger partial charge on any atom is -0.378 e. The molecule has 2 heteroatoms. The zero-order chi connectivity index (χ0) is 13.1. The minimum absolute atomic E-state index is 0.0638. The molecule has 0 aliphatic heterocycles. The highest BCUT2D eigenvalue weighted by molar-refractivity contribution is 5.49. The molecule has 0 saturated heterocycles. The molecule has 2 N–H and O–H groups in total. The standard InChI is InChI=1S/C16H20N2/c1-12-7-4-5-10-15(12)16(17)13-8-6-9-14(11-13)18(2)3/h4-11,16H,17H2,1-3H3. The van der Waals surface area contributed by atoms with Gasteiger partial charge in [0.1, 0.15) is 0 Å². The molecule has 0 heterocycles. The number of anilines is 1. The Bertz CT molecular complexity index is 532. The fourth-order valence-electron chi connectivity index (χ4n) is 2.11. The molecule has 2 aromatic carbocycles. The van der Waals surface area contributed by atoms with Crippen molar-refractivity contribution < 1.29 is 0 Å². The summed E-state index contributed by atoms with van der Waals surface area (Å²) in [5, 5.41) is 0. The maximum absolute atomic E-state index is 6.37. The van der Waals surface area contributed by atoms with Crippen LogP contribution in [0.5, 0.6) is 0 Å². The second-order valence-electron chi connectivity index (χ2n) is 4.82. The van der Waals surface area contributed by atoms with Crippen LogP contribution in [0.1, 0.15) is 22.7 Å². The van der Waals surface area contributed by atoms with Crippen LogP contribution in [0.25, 0.3) is 0 Å².